The summed E-state index contributed by atoms with van der Waals surface area (Å²) in [5.41, 5.74) is 6.33. The molecule has 7 heteroatoms. The maximum absolute atomic E-state index is 13.1. The number of hydrogen-bond donors (Lipinski definition) is 1. The van der Waals surface area contributed by atoms with E-state index in [-0.39, 0.29) is 5.91 Å². The minimum absolute atomic E-state index is 0.134. The molecule has 0 aliphatic rings. The molecule has 178 valence electrons. The first-order valence-electron chi connectivity index (χ1n) is 11.5. The van der Waals surface area contributed by atoms with Crippen LogP contribution in [0.15, 0.2) is 78.0 Å². The average molecular weight is 485 g/mol. The second-order valence-electron chi connectivity index (χ2n) is 8.23. The Labute approximate surface area is 210 Å². The Bertz CT molecular complexity index is 1310. The van der Waals surface area contributed by atoms with Crippen LogP contribution in [-0.4, -0.2) is 33.4 Å². The van der Waals surface area contributed by atoms with Crippen LogP contribution in [0.25, 0.3) is 22.5 Å². The molecule has 1 N–H and O–H groups in total. The maximum atomic E-state index is 13.1. The Morgan fingerprint density at radius 2 is 1.49 bits per heavy atom. The molecule has 0 spiro atoms. The van der Waals surface area contributed by atoms with Crippen LogP contribution in [0.1, 0.15) is 24.5 Å². The fourth-order valence-corrected chi connectivity index (χ4v) is 4.41. The van der Waals surface area contributed by atoms with Gasteiger partial charge in [0, 0.05) is 11.1 Å². The smallest absolute Gasteiger partial charge is 0.238 e. The Balaban J connectivity index is 1.65. The number of thioether (sulfide) groups is 1. The molecular formula is C28H28N4O2S. The van der Waals surface area contributed by atoms with Crippen LogP contribution in [0.5, 0.6) is 5.75 Å². The molecule has 1 aromatic heterocycles. The number of rotatable bonds is 8. The third-order valence-corrected chi connectivity index (χ3v) is 6.81. The Morgan fingerprint density at radius 3 is 2.09 bits per heavy atom. The van der Waals surface area contributed by atoms with Crippen molar-refractivity contribution in [3.8, 4) is 28.3 Å². The average Bonchev–Trinajstić information content (AvgIpc) is 2.88. The molecule has 1 amide bonds. The highest BCUT2D eigenvalue weighted by molar-refractivity contribution is 8.00. The van der Waals surface area contributed by atoms with Crippen molar-refractivity contribution in [2.75, 3.05) is 12.4 Å². The third kappa shape index (κ3) is 5.87. The van der Waals surface area contributed by atoms with Crippen molar-refractivity contribution >= 4 is 23.4 Å². The van der Waals surface area contributed by atoms with Gasteiger partial charge in [-0.1, -0.05) is 90.5 Å². The molecule has 1 atom stereocenters. The third-order valence-electron chi connectivity index (χ3n) is 5.59. The number of carbonyl (C=O) groups excluding carboxylic acids is 1. The number of ether oxygens (including phenoxy) is 1. The molecule has 0 saturated carbocycles. The number of anilines is 1. The normalized spacial score (nSPS) is 11.7. The number of nitrogens with zero attached hydrogens (tertiary/aromatic N) is 3. The number of methoxy groups -OCH3 is 1. The predicted octanol–water partition coefficient (Wildman–Crippen LogP) is 6.34. The SMILES string of the molecule is CC[C@@H](Sc1nnc(-c2ccc(C)cc2)c(-c2ccc(C)cc2)n1)C(=O)Nc1ccccc1OC. The lowest BCUT2D eigenvalue weighted by molar-refractivity contribution is -0.115. The Kier molecular flexibility index (Phi) is 7.77. The Morgan fingerprint density at radius 1 is 0.886 bits per heavy atom. The molecule has 0 aliphatic carbocycles. The number of hydrogen-bond acceptors (Lipinski definition) is 6. The zero-order valence-electron chi connectivity index (χ0n) is 20.3. The van der Waals surface area contributed by atoms with Gasteiger partial charge in [0.1, 0.15) is 17.1 Å². The first kappa shape index (κ1) is 24.4. The van der Waals surface area contributed by atoms with Crippen molar-refractivity contribution in [2.24, 2.45) is 0 Å². The number of carbonyl (C=O) groups is 1. The zero-order valence-corrected chi connectivity index (χ0v) is 21.1. The van der Waals surface area contributed by atoms with E-state index in [4.69, 9.17) is 9.72 Å². The van der Waals surface area contributed by atoms with Crippen LogP contribution < -0.4 is 10.1 Å². The summed E-state index contributed by atoms with van der Waals surface area (Å²) in [6, 6.07) is 23.7. The highest BCUT2D eigenvalue weighted by Crippen LogP contribution is 2.32. The number of amides is 1. The van der Waals surface area contributed by atoms with E-state index in [0.717, 1.165) is 16.8 Å². The largest absolute Gasteiger partial charge is 0.495 e. The molecule has 3 aromatic carbocycles. The standard InChI is InChI=1S/C28H28N4O2S/c1-5-24(27(33)29-22-8-6-7-9-23(22)34-4)35-28-30-25(20-14-10-18(2)11-15-20)26(31-32-28)21-16-12-19(3)13-17-21/h6-17,24H,5H2,1-4H3,(H,29,33)/t24-/m1/s1. The van der Waals surface area contributed by atoms with Gasteiger partial charge in [-0.05, 0) is 32.4 Å². The van der Waals surface area contributed by atoms with E-state index in [9.17, 15) is 4.79 Å². The molecule has 4 rings (SSSR count). The zero-order chi connectivity index (χ0) is 24.8. The molecule has 6 nitrogen and oxygen atoms in total. The van der Waals surface area contributed by atoms with Crippen LogP contribution in [-0.2, 0) is 4.79 Å². The van der Waals surface area contributed by atoms with E-state index in [1.165, 1.54) is 22.9 Å². The summed E-state index contributed by atoms with van der Waals surface area (Å²) in [5.74, 6) is 0.479. The van der Waals surface area contributed by atoms with Crippen molar-refractivity contribution in [3.05, 3.63) is 83.9 Å². The van der Waals surface area contributed by atoms with Crippen molar-refractivity contribution < 1.29 is 9.53 Å². The van der Waals surface area contributed by atoms with E-state index in [1.807, 2.05) is 67.6 Å². The van der Waals surface area contributed by atoms with Crippen LogP contribution in [0.3, 0.4) is 0 Å². The van der Waals surface area contributed by atoms with Crippen molar-refractivity contribution in [1.82, 2.24) is 15.2 Å². The summed E-state index contributed by atoms with van der Waals surface area (Å²) >= 11 is 1.31. The van der Waals surface area contributed by atoms with E-state index in [0.29, 0.717) is 28.7 Å². The van der Waals surface area contributed by atoms with Gasteiger partial charge in [0.05, 0.1) is 18.0 Å². The lowest BCUT2D eigenvalue weighted by Crippen LogP contribution is -2.25. The number of benzene rings is 3. The second kappa shape index (κ2) is 11.1. The summed E-state index contributed by atoms with van der Waals surface area (Å²) < 4.78 is 5.36. The van der Waals surface area contributed by atoms with Gasteiger partial charge in [0.25, 0.3) is 0 Å². The number of aromatic nitrogens is 3. The summed E-state index contributed by atoms with van der Waals surface area (Å²) in [6.45, 7) is 6.07. The summed E-state index contributed by atoms with van der Waals surface area (Å²) in [5, 5.41) is 12.0. The predicted molar refractivity (Wildman–Crippen MR) is 142 cm³/mol. The number of nitrogens with one attached hydrogen (secondary N) is 1. The molecule has 0 fully saturated rings. The highest BCUT2D eigenvalue weighted by atomic mass is 32.2. The molecule has 35 heavy (non-hydrogen) atoms. The van der Waals surface area contributed by atoms with Gasteiger partial charge in [-0.2, -0.15) is 0 Å². The molecule has 0 unspecified atom stereocenters. The molecule has 0 bridgehead atoms. The molecule has 0 saturated heterocycles. The molecular weight excluding hydrogens is 456 g/mol. The minimum atomic E-state index is -0.391. The summed E-state index contributed by atoms with van der Waals surface area (Å²) in [4.78, 5) is 17.9. The van der Waals surface area contributed by atoms with Crippen molar-refractivity contribution in [1.29, 1.82) is 0 Å². The second-order valence-corrected chi connectivity index (χ2v) is 9.40. The van der Waals surface area contributed by atoms with Gasteiger partial charge in [0.2, 0.25) is 11.1 Å². The highest BCUT2D eigenvalue weighted by Gasteiger charge is 2.22. The quantitative estimate of drug-likeness (QED) is 0.294. The molecule has 0 aliphatic heterocycles. The lowest BCUT2D eigenvalue weighted by atomic mass is 10.0. The van der Waals surface area contributed by atoms with E-state index in [1.54, 1.807) is 7.11 Å². The van der Waals surface area contributed by atoms with Crippen LogP contribution in [0, 0.1) is 13.8 Å². The van der Waals surface area contributed by atoms with Crippen LogP contribution in [0.4, 0.5) is 5.69 Å². The van der Waals surface area contributed by atoms with E-state index >= 15 is 0 Å². The summed E-state index contributed by atoms with van der Waals surface area (Å²) in [7, 11) is 1.58. The maximum Gasteiger partial charge on any atom is 0.238 e. The van der Waals surface area contributed by atoms with Gasteiger partial charge in [-0.25, -0.2) is 4.98 Å². The monoisotopic (exact) mass is 484 g/mol. The van der Waals surface area contributed by atoms with E-state index < -0.39 is 5.25 Å². The van der Waals surface area contributed by atoms with Gasteiger partial charge in [-0.3, -0.25) is 4.79 Å². The summed E-state index contributed by atoms with van der Waals surface area (Å²) in [6.07, 6.45) is 0.606. The Hall–Kier alpha value is -3.71. The van der Waals surface area contributed by atoms with E-state index in [2.05, 4.69) is 41.5 Å². The molecule has 1 heterocycles. The van der Waals surface area contributed by atoms with Gasteiger partial charge in [-0.15, -0.1) is 10.2 Å². The molecule has 0 radical (unpaired) electrons. The van der Waals surface area contributed by atoms with Crippen LogP contribution >= 0.6 is 11.8 Å². The van der Waals surface area contributed by atoms with Gasteiger partial charge < -0.3 is 10.1 Å². The topological polar surface area (TPSA) is 77.0 Å². The number of aryl methyl sites for hydroxylation is 2. The first-order chi connectivity index (χ1) is 17.0. The fraction of sp³-hybridized carbons (Fsp3) is 0.214. The lowest BCUT2D eigenvalue weighted by Gasteiger charge is -2.16. The van der Waals surface area contributed by atoms with Crippen molar-refractivity contribution in [3.63, 3.8) is 0 Å². The number of para-hydroxylation sites is 2. The fourth-order valence-electron chi connectivity index (χ4n) is 3.59. The first-order valence-corrected chi connectivity index (χ1v) is 12.4. The van der Waals surface area contributed by atoms with Gasteiger partial charge >= 0.3 is 0 Å². The van der Waals surface area contributed by atoms with Crippen molar-refractivity contribution in [2.45, 2.75) is 37.6 Å². The molecule has 4 aromatic rings. The van der Waals surface area contributed by atoms with Gasteiger partial charge in [0.15, 0.2) is 0 Å². The minimum Gasteiger partial charge on any atom is -0.495 e. The van der Waals surface area contributed by atoms with Crippen LogP contribution in [0.2, 0.25) is 0 Å².